The van der Waals surface area contributed by atoms with Gasteiger partial charge in [0.15, 0.2) is 4.77 Å². The zero-order chi connectivity index (χ0) is 16.1. The molecule has 0 radical (unpaired) electrons. The zero-order valence-corrected chi connectivity index (χ0v) is 13.4. The van der Waals surface area contributed by atoms with E-state index in [2.05, 4.69) is 36.4 Å². The fourth-order valence-electron chi connectivity index (χ4n) is 1.60. The van der Waals surface area contributed by atoms with Crippen LogP contribution < -0.4 is 11.0 Å². The van der Waals surface area contributed by atoms with E-state index in [1.54, 1.807) is 0 Å². The molecule has 2 aromatic rings. The van der Waals surface area contributed by atoms with E-state index < -0.39 is 5.91 Å². The second-order valence-electron chi connectivity index (χ2n) is 4.26. The van der Waals surface area contributed by atoms with Gasteiger partial charge in [0.25, 0.3) is 5.56 Å². The van der Waals surface area contributed by atoms with Crippen LogP contribution in [0.1, 0.15) is 11.3 Å². The third-order valence-corrected chi connectivity index (χ3v) is 3.33. The van der Waals surface area contributed by atoms with Crippen LogP contribution in [0.3, 0.4) is 0 Å². The number of aromatic nitrogens is 2. The molecule has 0 fully saturated rings. The average molecular weight is 385 g/mol. The molecule has 2 rings (SSSR count). The fourth-order valence-corrected chi connectivity index (χ4v) is 2.23. The van der Waals surface area contributed by atoms with Gasteiger partial charge < -0.3 is 4.98 Å². The number of nitrogens with one attached hydrogen (secondary N) is 3. The predicted octanol–water partition coefficient (Wildman–Crippen LogP) is 2.03. The number of rotatable bonds is 4. The fraction of sp³-hybridized carbons (Fsp3) is 0.0769. The topological polar surface area (TPSA) is 90.1 Å². The first kappa shape index (κ1) is 16.2. The number of benzene rings is 1. The van der Waals surface area contributed by atoms with E-state index >= 15 is 0 Å². The zero-order valence-electron chi connectivity index (χ0n) is 11.0. The molecule has 6 nitrogen and oxygen atoms in total. The number of carbonyl (C=O) groups is 1. The summed E-state index contributed by atoms with van der Waals surface area (Å²) >= 11 is 7.86. The normalized spacial score (nSPS) is 10.8. The van der Waals surface area contributed by atoms with E-state index in [0.717, 1.165) is 0 Å². The Balaban J connectivity index is 1.97. The van der Waals surface area contributed by atoms with Crippen molar-refractivity contribution in [2.75, 3.05) is 0 Å². The number of hydrazone groups is 1. The Morgan fingerprint density at radius 3 is 2.86 bits per heavy atom. The van der Waals surface area contributed by atoms with Gasteiger partial charge in [-0.2, -0.15) is 5.10 Å². The maximum atomic E-state index is 13.1. The summed E-state index contributed by atoms with van der Waals surface area (Å²) in [5.41, 5.74) is 2.92. The van der Waals surface area contributed by atoms with Crippen molar-refractivity contribution in [2.24, 2.45) is 5.10 Å². The molecule has 3 N–H and O–H groups in total. The quantitative estimate of drug-likeness (QED) is 0.427. The summed E-state index contributed by atoms with van der Waals surface area (Å²) in [5.74, 6) is -0.806. The van der Waals surface area contributed by atoms with Gasteiger partial charge in [-0.25, -0.2) is 9.82 Å². The summed E-state index contributed by atoms with van der Waals surface area (Å²) in [6.45, 7) is 0. The van der Waals surface area contributed by atoms with E-state index in [9.17, 15) is 14.0 Å². The molecule has 0 saturated heterocycles. The number of hydrogen-bond acceptors (Lipinski definition) is 4. The van der Waals surface area contributed by atoms with Crippen molar-refractivity contribution in [3.8, 4) is 0 Å². The molecule has 1 heterocycles. The monoisotopic (exact) mass is 384 g/mol. The lowest BCUT2D eigenvalue weighted by Gasteiger charge is -2.00. The van der Waals surface area contributed by atoms with Crippen molar-refractivity contribution >= 4 is 40.3 Å². The van der Waals surface area contributed by atoms with Crippen LogP contribution in [0.4, 0.5) is 4.39 Å². The smallest absolute Gasteiger partial charge is 0.251 e. The SMILES string of the molecule is O=C(Cc1cc(=O)[nH]c(=S)[nH]1)N/N=C\c1ccc(F)c(Br)c1. The molecule has 9 heteroatoms. The van der Waals surface area contributed by atoms with Crippen molar-refractivity contribution < 1.29 is 9.18 Å². The lowest BCUT2D eigenvalue weighted by atomic mass is 10.2. The van der Waals surface area contributed by atoms with Crippen LogP contribution in [-0.2, 0) is 11.2 Å². The average Bonchev–Trinajstić information content (AvgIpc) is 2.41. The molecule has 0 atom stereocenters. The first-order valence-corrected chi connectivity index (χ1v) is 7.23. The number of amides is 1. The number of hydrogen-bond donors (Lipinski definition) is 3. The Hall–Kier alpha value is -2.13. The highest BCUT2D eigenvalue weighted by molar-refractivity contribution is 9.10. The molecule has 0 aliphatic carbocycles. The molecule has 0 bridgehead atoms. The van der Waals surface area contributed by atoms with Crippen molar-refractivity contribution in [1.82, 2.24) is 15.4 Å². The molecule has 0 aliphatic rings. The predicted molar refractivity (Wildman–Crippen MR) is 85.8 cm³/mol. The standard InChI is InChI=1S/C13H10BrFN4O2S/c14-9-3-7(1-2-10(9)15)6-16-19-12(21)5-8-4-11(20)18-13(22)17-8/h1-4,6H,5H2,(H,19,21)(H2,17,18,20,22)/b16-6-. The van der Waals surface area contributed by atoms with E-state index in [-0.39, 0.29) is 22.6 Å². The summed E-state index contributed by atoms with van der Waals surface area (Å²) in [4.78, 5) is 28.0. The molecule has 1 aromatic carbocycles. The molecule has 0 spiro atoms. The van der Waals surface area contributed by atoms with Crippen molar-refractivity contribution in [2.45, 2.75) is 6.42 Å². The van der Waals surface area contributed by atoms with E-state index in [4.69, 9.17) is 12.2 Å². The highest BCUT2D eigenvalue weighted by atomic mass is 79.9. The number of aromatic amines is 2. The van der Waals surface area contributed by atoms with Crippen molar-refractivity contribution in [3.63, 3.8) is 0 Å². The van der Waals surface area contributed by atoms with Gasteiger partial charge in [-0.3, -0.25) is 14.6 Å². The Morgan fingerprint density at radius 1 is 1.41 bits per heavy atom. The Morgan fingerprint density at radius 2 is 2.18 bits per heavy atom. The second-order valence-corrected chi connectivity index (χ2v) is 5.52. The van der Waals surface area contributed by atoms with E-state index in [0.29, 0.717) is 15.7 Å². The van der Waals surface area contributed by atoms with Crippen LogP contribution in [0, 0.1) is 10.6 Å². The summed E-state index contributed by atoms with van der Waals surface area (Å²) in [6.07, 6.45) is 1.31. The van der Waals surface area contributed by atoms with Crippen LogP contribution in [0.15, 0.2) is 38.6 Å². The number of carbonyl (C=O) groups excluding carboxylic acids is 1. The lowest BCUT2D eigenvalue weighted by molar-refractivity contribution is -0.120. The van der Waals surface area contributed by atoms with Gasteiger partial charge in [-0.1, -0.05) is 6.07 Å². The third kappa shape index (κ3) is 4.71. The minimum absolute atomic E-state index is 0.0714. The van der Waals surface area contributed by atoms with Gasteiger partial charge in [0, 0.05) is 11.8 Å². The first-order chi connectivity index (χ1) is 10.4. The molecular weight excluding hydrogens is 375 g/mol. The molecular formula is C13H10BrFN4O2S. The molecule has 0 saturated carbocycles. The summed E-state index contributed by atoms with van der Waals surface area (Å²) in [7, 11) is 0. The summed E-state index contributed by atoms with van der Waals surface area (Å²) < 4.78 is 13.5. The van der Waals surface area contributed by atoms with Gasteiger partial charge in [-0.15, -0.1) is 0 Å². The molecule has 0 aliphatic heterocycles. The first-order valence-electron chi connectivity index (χ1n) is 6.03. The van der Waals surface area contributed by atoms with Crippen LogP contribution in [-0.4, -0.2) is 22.1 Å². The second kappa shape index (κ2) is 7.23. The molecule has 114 valence electrons. The lowest BCUT2D eigenvalue weighted by Crippen LogP contribution is -2.21. The Kier molecular flexibility index (Phi) is 5.34. The van der Waals surface area contributed by atoms with E-state index in [1.807, 2.05) is 0 Å². The summed E-state index contributed by atoms with van der Waals surface area (Å²) in [6, 6.07) is 5.57. The van der Waals surface area contributed by atoms with Crippen molar-refractivity contribution in [3.05, 3.63) is 60.9 Å². The van der Waals surface area contributed by atoms with Gasteiger partial charge in [-0.05, 0) is 45.8 Å². The molecule has 1 aromatic heterocycles. The van der Waals surface area contributed by atoms with E-state index in [1.165, 1.54) is 30.5 Å². The maximum Gasteiger partial charge on any atom is 0.251 e. The maximum absolute atomic E-state index is 13.1. The molecule has 0 unspecified atom stereocenters. The number of halogens is 2. The van der Waals surface area contributed by atoms with Crippen LogP contribution in [0.25, 0.3) is 0 Å². The highest BCUT2D eigenvalue weighted by Gasteiger charge is 2.04. The van der Waals surface area contributed by atoms with Crippen LogP contribution in [0.2, 0.25) is 0 Å². The minimum atomic E-state index is -0.423. The minimum Gasteiger partial charge on any atom is -0.335 e. The molecule has 22 heavy (non-hydrogen) atoms. The number of H-pyrrole nitrogens is 2. The largest absolute Gasteiger partial charge is 0.335 e. The van der Waals surface area contributed by atoms with Crippen LogP contribution in [0.5, 0.6) is 0 Å². The van der Waals surface area contributed by atoms with Gasteiger partial charge >= 0.3 is 0 Å². The van der Waals surface area contributed by atoms with Gasteiger partial charge in [0.05, 0.1) is 17.1 Å². The third-order valence-electron chi connectivity index (χ3n) is 2.51. The molecule has 1 amide bonds. The summed E-state index contributed by atoms with van der Waals surface area (Å²) in [5, 5.41) is 3.76. The Bertz CT molecular complexity index is 818. The van der Waals surface area contributed by atoms with Gasteiger partial charge in [0.2, 0.25) is 5.91 Å². The highest BCUT2D eigenvalue weighted by Crippen LogP contribution is 2.15. The number of nitrogens with zero attached hydrogens (tertiary/aromatic N) is 1. The van der Waals surface area contributed by atoms with Gasteiger partial charge in [0.1, 0.15) is 5.82 Å². The van der Waals surface area contributed by atoms with Crippen molar-refractivity contribution in [1.29, 1.82) is 0 Å². The Labute approximate surface area is 137 Å². The van der Waals surface area contributed by atoms with Crippen LogP contribution >= 0.6 is 28.1 Å².